The molecule has 1 aromatic carbocycles. The van der Waals surface area contributed by atoms with Crippen LogP contribution in [0.15, 0.2) is 12.1 Å². The molecule has 0 aromatic heterocycles. The smallest absolute Gasteiger partial charge is 0.337 e. The van der Waals surface area contributed by atoms with Gasteiger partial charge in [0.05, 0.1) is 16.7 Å². The Hall–Kier alpha value is -1.64. The van der Waals surface area contributed by atoms with Crippen molar-refractivity contribution >= 4 is 40.5 Å². The van der Waals surface area contributed by atoms with Gasteiger partial charge < -0.3 is 15.3 Å². The number of hydrogen-bond donors (Lipinski definition) is 3. The van der Waals surface area contributed by atoms with E-state index in [-0.39, 0.29) is 9.13 Å². The minimum Gasteiger partial charge on any atom is -0.478 e. The van der Waals surface area contributed by atoms with Crippen molar-refractivity contribution in [3.8, 4) is 0 Å². The summed E-state index contributed by atoms with van der Waals surface area (Å²) in [7, 11) is 0. The molecule has 0 heterocycles. The zero-order valence-corrected chi connectivity index (χ0v) is 9.76. The normalized spacial score (nSPS) is 9.81. The molecule has 0 aliphatic carbocycles. The first-order valence-corrected chi connectivity index (χ1v) is 4.96. The van der Waals surface area contributed by atoms with E-state index in [2.05, 4.69) is 0 Å². The number of halogens is 1. The zero-order chi connectivity index (χ0) is 12.5. The number of rotatable bonds is 3. The van der Waals surface area contributed by atoms with E-state index < -0.39 is 29.0 Å². The molecule has 0 fully saturated rings. The van der Waals surface area contributed by atoms with Crippen LogP contribution in [0.4, 0.5) is 0 Å². The van der Waals surface area contributed by atoms with Crippen LogP contribution in [-0.2, 0) is 0 Å². The Balaban J connectivity index is 3.58. The topological polar surface area (TPSA) is 112 Å². The fourth-order valence-electron chi connectivity index (χ4n) is 1.12. The van der Waals surface area contributed by atoms with Crippen molar-refractivity contribution in [2.75, 3.05) is 0 Å². The van der Waals surface area contributed by atoms with Crippen molar-refractivity contribution in [3.63, 3.8) is 0 Å². The van der Waals surface area contributed by atoms with Crippen LogP contribution in [-0.4, -0.2) is 33.2 Å². The molecule has 0 amide bonds. The van der Waals surface area contributed by atoms with E-state index in [9.17, 15) is 14.4 Å². The van der Waals surface area contributed by atoms with Crippen molar-refractivity contribution in [1.82, 2.24) is 0 Å². The van der Waals surface area contributed by atoms with Gasteiger partial charge in [-0.2, -0.15) is 0 Å². The summed E-state index contributed by atoms with van der Waals surface area (Å²) in [4.78, 5) is 32.3. The Labute approximate surface area is 103 Å². The maximum Gasteiger partial charge on any atom is 0.337 e. The van der Waals surface area contributed by atoms with Gasteiger partial charge >= 0.3 is 17.9 Å². The van der Waals surface area contributed by atoms with Gasteiger partial charge in [0.25, 0.3) is 0 Å². The number of carbonyl (C=O) groups is 3. The van der Waals surface area contributed by atoms with Crippen LogP contribution in [0.3, 0.4) is 0 Å². The van der Waals surface area contributed by atoms with Gasteiger partial charge in [0.1, 0.15) is 0 Å². The van der Waals surface area contributed by atoms with E-state index >= 15 is 0 Å². The van der Waals surface area contributed by atoms with Crippen molar-refractivity contribution in [1.29, 1.82) is 0 Å². The molecule has 6 nitrogen and oxygen atoms in total. The fraction of sp³-hybridized carbons (Fsp3) is 0. The predicted molar refractivity (Wildman–Crippen MR) is 60.0 cm³/mol. The standard InChI is InChI=1S/C9H5IO6/c10-5-2-3(7(11)12)1-4(8(13)14)6(5)9(15)16/h1-2H,(H,11,12)(H,13,14)(H,15,16). The highest BCUT2D eigenvalue weighted by Gasteiger charge is 2.22. The third-order valence-electron chi connectivity index (χ3n) is 1.78. The van der Waals surface area contributed by atoms with Crippen LogP contribution in [0.1, 0.15) is 31.1 Å². The van der Waals surface area contributed by atoms with E-state index in [4.69, 9.17) is 15.3 Å². The molecule has 16 heavy (non-hydrogen) atoms. The van der Waals surface area contributed by atoms with Crippen molar-refractivity contribution < 1.29 is 29.7 Å². The molecule has 7 heteroatoms. The zero-order valence-electron chi connectivity index (χ0n) is 7.60. The SMILES string of the molecule is O=C(O)c1cc(I)c(C(=O)O)c(C(=O)O)c1. The lowest BCUT2D eigenvalue weighted by Crippen LogP contribution is -2.12. The van der Waals surface area contributed by atoms with E-state index in [0.29, 0.717) is 0 Å². The molecule has 1 rings (SSSR count). The second-order valence-corrected chi connectivity index (χ2v) is 3.96. The maximum atomic E-state index is 10.8. The molecule has 0 aliphatic rings. The third-order valence-corrected chi connectivity index (χ3v) is 2.63. The highest BCUT2D eigenvalue weighted by molar-refractivity contribution is 14.1. The molecule has 0 radical (unpaired) electrons. The molecule has 3 N–H and O–H groups in total. The number of carboxylic acids is 3. The first-order valence-electron chi connectivity index (χ1n) is 3.88. The van der Waals surface area contributed by atoms with Crippen LogP contribution < -0.4 is 0 Å². The van der Waals surface area contributed by atoms with Gasteiger partial charge in [-0.15, -0.1) is 0 Å². The average Bonchev–Trinajstić information content (AvgIpc) is 2.15. The van der Waals surface area contributed by atoms with E-state index in [1.165, 1.54) is 0 Å². The Kier molecular flexibility index (Phi) is 3.48. The maximum absolute atomic E-state index is 10.8. The minimum absolute atomic E-state index is 0.0717. The van der Waals surface area contributed by atoms with Crippen LogP contribution in [0, 0.1) is 3.57 Å². The largest absolute Gasteiger partial charge is 0.478 e. The Bertz CT molecular complexity index is 493. The fourth-order valence-corrected chi connectivity index (χ4v) is 1.97. The predicted octanol–water partition coefficient (Wildman–Crippen LogP) is 1.39. The Morgan fingerprint density at radius 2 is 1.50 bits per heavy atom. The quantitative estimate of drug-likeness (QED) is 0.719. The first-order chi connectivity index (χ1) is 7.34. The van der Waals surface area contributed by atoms with Gasteiger partial charge in [0.2, 0.25) is 0 Å². The molecule has 0 bridgehead atoms. The lowest BCUT2D eigenvalue weighted by Gasteiger charge is -2.05. The average molecular weight is 336 g/mol. The summed E-state index contributed by atoms with van der Waals surface area (Å²) in [6.07, 6.45) is 0. The minimum atomic E-state index is -1.47. The third kappa shape index (κ3) is 2.30. The second kappa shape index (κ2) is 4.47. The van der Waals surface area contributed by atoms with Crippen molar-refractivity contribution in [2.45, 2.75) is 0 Å². The summed E-state index contributed by atoms with van der Waals surface area (Å²) in [5.74, 6) is -4.19. The van der Waals surface area contributed by atoms with E-state index in [0.717, 1.165) is 12.1 Å². The number of hydrogen-bond acceptors (Lipinski definition) is 3. The first kappa shape index (κ1) is 12.4. The Morgan fingerprint density at radius 1 is 0.938 bits per heavy atom. The molecule has 0 atom stereocenters. The van der Waals surface area contributed by atoms with Gasteiger partial charge in [-0.25, -0.2) is 14.4 Å². The second-order valence-electron chi connectivity index (χ2n) is 2.80. The van der Waals surface area contributed by atoms with E-state index in [1.54, 1.807) is 22.6 Å². The molecule has 0 saturated carbocycles. The lowest BCUT2D eigenvalue weighted by molar-refractivity contribution is 0.0648. The van der Waals surface area contributed by atoms with Crippen LogP contribution in [0.2, 0.25) is 0 Å². The molecule has 0 unspecified atom stereocenters. The number of aromatic carboxylic acids is 3. The van der Waals surface area contributed by atoms with Crippen molar-refractivity contribution in [2.24, 2.45) is 0 Å². The molecular weight excluding hydrogens is 331 g/mol. The summed E-state index contributed by atoms with van der Waals surface area (Å²) in [5, 5.41) is 26.3. The Morgan fingerprint density at radius 3 is 1.88 bits per heavy atom. The van der Waals surface area contributed by atoms with E-state index in [1.807, 2.05) is 0 Å². The van der Waals surface area contributed by atoms with Crippen LogP contribution >= 0.6 is 22.6 Å². The highest BCUT2D eigenvalue weighted by atomic mass is 127. The van der Waals surface area contributed by atoms with Crippen molar-refractivity contribution in [3.05, 3.63) is 32.4 Å². The molecular formula is C9H5IO6. The monoisotopic (exact) mass is 336 g/mol. The molecule has 0 aliphatic heterocycles. The molecule has 1 aromatic rings. The van der Waals surface area contributed by atoms with Gasteiger partial charge in [0.15, 0.2) is 0 Å². The summed E-state index contributed by atoms with van der Waals surface area (Å²) in [6.45, 7) is 0. The number of benzene rings is 1. The van der Waals surface area contributed by atoms with Gasteiger partial charge in [-0.1, -0.05) is 0 Å². The van der Waals surface area contributed by atoms with Gasteiger partial charge in [-0.05, 0) is 34.7 Å². The summed E-state index contributed by atoms with van der Waals surface area (Å²) >= 11 is 1.59. The summed E-state index contributed by atoms with van der Waals surface area (Å²) < 4.78 is 0.0717. The molecule has 0 saturated heterocycles. The van der Waals surface area contributed by atoms with Gasteiger partial charge in [0, 0.05) is 3.57 Å². The lowest BCUT2D eigenvalue weighted by atomic mass is 10.0. The number of carboxylic acid groups (broad SMARTS) is 3. The highest BCUT2D eigenvalue weighted by Crippen LogP contribution is 2.20. The van der Waals surface area contributed by atoms with Gasteiger partial charge in [-0.3, -0.25) is 0 Å². The molecule has 84 valence electrons. The summed E-state index contributed by atoms with van der Waals surface area (Å²) in [5.41, 5.74) is -1.19. The van der Waals surface area contributed by atoms with Crippen LogP contribution in [0.25, 0.3) is 0 Å². The van der Waals surface area contributed by atoms with Crippen LogP contribution in [0.5, 0.6) is 0 Å². The summed E-state index contributed by atoms with van der Waals surface area (Å²) in [6, 6.07) is 1.94. The molecule has 0 spiro atoms.